The summed E-state index contributed by atoms with van der Waals surface area (Å²) in [6, 6.07) is 6.14. The molecule has 0 saturated heterocycles. The second kappa shape index (κ2) is 4.80. The average molecular weight is 251 g/mol. The molecule has 0 aliphatic rings. The molecular formula is C13H15ClN2O. The molecule has 1 heterocycles. The minimum absolute atomic E-state index is 0.423. The normalized spacial score (nSPS) is 10.6. The first kappa shape index (κ1) is 12.0. The summed E-state index contributed by atoms with van der Waals surface area (Å²) in [5.41, 5.74) is 2.38. The van der Waals surface area contributed by atoms with E-state index in [2.05, 4.69) is 24.9 Å². The minimum Gasteiger partial charge on any atom is -0.486 e. The summed E-state index contributed by atoms with van der Waals surface area (Å²) < 4.78 is 7.52. The van der Waals surface area contributed by atoms with Crippen molar-refractivity contribution in [1.29, 1.82) is 0 Å². The Labute approximate surface area is 106 Å². The fourth-order valence-electron chi connectivity index (χ4n) is 1.72. The van der Waals surface area contributed by atoms with Crippen LogP contribution in [0.3, 0.4) is 0 Å². The van der Waals surface area contributed by atoms with E-state index in [-0.39, 0.29) is 0 Å². The Morgan fingerprint density at radius 2 is 1.88 bits per heavy atom. The first-order valence-electron chi connectivity index (χ1n) is 5.43. The molecule has 1 aromatic heterocycles. The van der Waals surface area contributed by atoms with Crippen LogP contribution in [0.4, 0.5) is 0 Å². The number of ether oxygens (including phenoxy) is 1. The van der Waals surface area contributed by atoms with Crippen molar-refractivity contribution in [2.24, 2.45) is 7.05 Å². The molecule has 0 unspecified atom stereocenters. The zero-order chi connectivity index (χ0) is 12.4. The van der Waals surface area contributed by atoms with Crippen LogP contribution in [0.1, 0.15) is 17.0 Å². The second-order valence-electron chi connectivity index (χ2n) is 4.17. The molecule has 0 saturated carbocycles. The molecule has 0 aliphatic carbocycles. The van der Waals surface area contributed by atoms with E-state index in [1.807, 2.05) is 23.7 Å². The summed E-state index contributed by atoms with van der Waals surface area (Å²) >= 11 is 5.91. The number of imidazole rings is 1. The Hall–Kier alpha value is -1.48. The average Bonchev–Trinajstić information content (AvgIpc) is 2.56. The Morgan fingerprint density at radius 3 is 2.41 bits per heavy atom. The summed E-state index contributed by atoms with van der Waals surface area (Å²) in [5.74, 6) is 1.68. The van der Waals surface area contributed by atoms with Gasteiger partial charge in [-0.3, -0.25) is 0 Å². The van der Waals surface area contributed by atoms with Crippen LogP contribution in [0.15, 0.2) is 24.4 Å². The van der Waals surface area contributed by atoms with Crippen molar-refractivity contribution < 1.29 is 4.74 Å². The van der Waals surface area contributed by atoms with Crippen LogP contribution in [-0.4, -0.2) is 9.55 Å². The maximum absolute atomic E-state index is 5.91. The molecule has 0 amide bonds. The van der Waals surface area contributed by atoms with Crippen molar-refractivity contribution in [3.63, 3.8) is 0 Å². The van der Waals surface area contributed by atoms with E-state index < -0.39 is 0 Å². The lowest BCUT2D eigenvalue weighted by Gasteiger charge is -2.08. The lowest BCUT2D eigenvalue weighted by molar-refractivity contribution is 0.291. The van der Waals surface area contributed by atoms with Gasteiger partial charge in [-0.05, 0) is 37.1 Å². The molecule has 0 spiro atoms. The zero-order valence-corrected chi connectivity index (χ0v) is 11.0. The third-order valence-electron chi connectivity index (χ3n) is 2.59. The van der Waals surface area contributed by atoms with Crippen LogP contribution < -0.4 is 4.74 Å². The number of halogens is 1. The smallest absolute Gasteiger partial charge is 0.147 e. The molecule has 0 bridgehead atoms. The van der Waals surface area contributed by atoms with E-state index in [9.17, 15) is 0 Å². The Kier molecular flexibility index (Phi) is 3.38. The Balaban J connectivity index is 2.09. The van der Waals surface area contributed by atoms with Crippen molar-refractivity contribution in [1.82, 2.24) is 9.55 Å². The molecule has 17 heavy (non-hydrogen) atoms. The van der Waals surface area contributed by atoms with Crippen molar-refractivity contribution in [2.75, 3.05) is 0 Å². The van der Waals surface area contributed by atoms with E-state index in [1.165, 1.54) is 11.1 Å². The highest BCUT2D eigenvalue weighted by molar-refractivity contribution is 6.29. The number of hydrogen-bond acceptors (Lipinski definition) is 2. The topological polar surface area (TPSA) is 27.1 Å². The first-order chi connectivity index (χ1) is 8.06. The van der Waals surface area contributed by atoms with Gasteiger partial charge < -0.3 is 9.30 Å². The number of nitrogens with zero attached hydrogens (tertiary/aromatic N) is 2. The molecule has 2 rings (SSSR count). The number of aromatic nitrogens is 2. The van der Waals surface area contributed by atoms with Crippen molar-refractivity contribution in [3.8, 4) is 5.75 Å². The minimum atomic E-state index is 0.423. The number of rotatable bonds is 3. The van der Waals surface area contributed by atoms with E-state index in [4.69, 9.17) is 16.3 Å². The third kappa shape index (κ3) is 2.80. The lowest BCUT2D eigenvalue weighted by Crippen LogP contribution is -2.03. The van der Waals surface area contributed by atoms with Crippen LogP contribution in [0.25, 0.3) is 0 Å². The van der Waals surface area contributed by atoms with Crippen molar-refractivity contribution in [3.05, 3.63) is 46.5 Å². The fraction of sp³-hybridized carbons (Fsp3) is 0.308. The van der Waals surface area contributed by atoms with Crippen LogP contribution in [0.2, 0.25) is 5.15 Å². The molecule has 4 heteroatoms. The van der Waals surface area contributed by atoms with Gasteiger partial charge in [0.15, 0.2) is 0 Å². The molecule has 0 radical (unpaired) electrons. The number of aryl methyl sites for hydroxylation is 2. The molecular weight excluding hydrogens is 236 g/mol. The van der Waals surface area contributed by atoms with E-state index in [0.717, 1.165) is 11.6 Å². The van der Waals surface area contributed by atoms with Gasteiger partial charge in [0.1, 0.15) is 23.3 Å². The van der Waals surface area contributed by atoms with Gasteiger partial charge in [-0.15, -0.1) is 0 Å². The highest BCUT2D eigenvalue weighted by Crippen LogP contribution is 2.18. The van der Waals surface area contributed by atoms with Crippen molar-refractivity contribution >= 4 is 11.6 Å². The summed E-state index contributed by atoms with van der Waals surface area (Å²) in [4.78, 5) is 4.18. The van der Waals surface area contributed by atoms with Gasteiger partial charge in [0.25, 0.3) is 0 Å². The van der Waals surface area contributed by atoms with Crippen LogP contribution in [-0.2, 0) is 13.7 Å². The van der Waals surface area contributed by atoms with Gasteiger partial charge in [-0.25, -0.2) is 4.98 Å². The Bertz CT molecular complexity index is 514. The highest BCUT2D eigenvalue weighted by Gasteiger charge is 2.05. The van der Waals surface area contributed by atoms with E-state index >= 15 is 0 Å². The largest absolute Gasteiger partial charge is 0.486 e. The SMILES string of the molecule is Cc1cc(C)cc(OCc2ncc(Cl)n2C)c1. The van der Waals surface area contributed by atoms with Gasteiger partial charge in [0.05, 0.1) is 6.20 Å². The number of hydrogen-bond donors (Lipinski definition) is 0. The second-order valence-corrected chi connectivity index (χ2v) is 4.56. The fourth-order valence-corrected chi connectivity index (χ4v) is 1.87. The summed E-state index contributed by atoms with van der Waals surface area (Å²) in [7, 11) is 1.87. The monoisotopic (exact) mass is 250 g/mol. The van der Waals surface area contributed by atoms with Crippen molar-refractivity contribution in [2.45, 2.75) is 20.5 Å². The van der Waals surface area contributed by atoms with Crippen LogP contribution >= 0.6 is 11.6 Å². The maximum Gasteiger partial charge on any atom is 0.147 e. The van der Waals surface area contributed by atoms with E-state index in [0.29, 0.717) is 11.8 Å². The van der Waals surface area contributed by atoms with Crippen LogP contribution in [0.5, 0.6) is 5.75 Å². The molecule has 3 nitrogen and oxygen atoms in total. The molecule has 90 valence electrons. The third-order valence-corrected chi connectivity index (χ3v) is 2.94. The summed E-state index contributed by atoms with van der Waals surface area (Å²) in [5, 5.41) is 0.615. The predicted molar refractivity (Wildman–Crippen MR) is 68.5 cm³/mol. The first-order valence-corrected chi connectivity index (χ1v) is 5.81. The van der Waals surface area contributed by atoms with Gasteiger partial charge in [-0.2, -0.15) is 0 Å². The summed E-state index contributed by atoms with van der Waals surface area (Å²) in [6.07, 6.45) is 1.63. The molecule has 0 N–H and O–H groups in total. The van der Waals surface area contributed by atoms with Crippen LogP contribution in [0, 0.1) is 13.8 Å². The molecule has 2 aromatic rings. The quantitative estimate of drug-likeness (QED) is 0.836. The predicted octanol–water partition coefficient (Wildman–Crippen LogP) is 3.27. The molecule has 0 aliphatic heterocycles. The van der Waals surface area contributed by atoms with Gasteiger partial charge in [0, 0.05) is 7.05 Å². The maximum atomic E-state index is 5.91. The Morgan fingerprint density at radius 1 is 1.24 bits per heavy atom. The molecule has 1 aromatic carbocycles. The summed E-state index contributed by atoms with van der Waals surface area (Å²) in [6.45, 7) is 4.53. The zero-order valence-electron chi connectivity index (χ0n) is 10.2. The van der Waals surface area contributed by atoms with Gasteiger partial charge >= 0.3 is 0 Å². The number of benzene rings is 1. The van der Waals surface area contributed by atoms with Gasteiger partial charge in [-0.1, -0.05) is 17.7 Å². The molecule has 0 fully saturated rings. The standard InChI is InChI=1S/C13H15ClN2O/c1-9-4-10(2)6-11(5-9)17-8-13-15-7-12(14)16(13)3/h4-7H,8H2,1-3H3. The van der Waals surface area contributed by atoms with Gasteiger partial charge in [0.2, 0.25) is 0 Å². The lowest BCUT2D eigenvalue weighted by atomic mass is 10.1. The molecule has 0 atom stereocenters. The highest BCUT2D eigenvalue weighted by atomic mass is 35.5. The van der Waals surface area contributed by atoms with E-state index in [1.54, 1.807) is 6.20 Å².